The van der Waals surface area contributed by atoms with Crippen LogP contribution in [0.1, 0.15) is 19.4 Å². The van der Waals surface area contributed by atoms with Crippen LogP contribution in [-0.2, 0) is 6.54 Å². The fraction of sp³-hybridized carbons (Fsp3) is 0.500. The lowest BCUT2D eigenvalue weighted by Crippen LogP contribution is -2.19. The summed E-state index contributed by atoms with van der Waals surface area (Å²) in [6.07, 6.45) is 1.71. The lowest BCUT2D eigenvalue weighted by Gasteiger charge is -2.09. The number of halogens is 1. The van der Waals surface area contributed by atoms with Crippen LogP contribution in [0, 0.1) is 5.92 Å². The molecule has 0 amide bonds. The number of nitrogens with two attached hydrogens (primary N) is 1. The largest absolute Gasteiger partial charge is 0.383 e. The Kier molecular flexibility index (Phi) is 4.35. The van der Waals surface area contributed by atoms with Gasteiger partial charge in [-0.2, -0.15) is 0 Å². The molecular formula is C10H16BrN3. The molecule has 14 heavy (non-hydrogen) atoms. The van der Waals surface area contributed by atoms with Gasteiger partial charge in [-0.15, -0.1) is 0 Å². The molecule has 0 aliphatic carbocycles. The minimum absolute atomic E-state index is 0.601. The van der Waals surface area contributed by atoms with Gasteiger partial charge in [0.05, 0.1) is 0 Å². The molecule has 0 bridgehead atoms. The molecule has 3 N–H and O–H groups in total. The van der Waals surface area contributed by atoms with E-state index in [0.29, 0.717) is 11.7 Å². The Morgan fingerprint density at radius 2 is 2.29 bits per heavy atom. The van der Waals surface area contributed by atoms with Crippen LogP contribution in [0.4, 0.5) is 5.82 Å². The van der Waals surface area contributed by atoms with Gasteiger partial charge in [0, 0.05) is 22.8 Å². The van der Waals surface area contributed by atoms with E-state index in [4.69, 9.17) is 5.73 Å². The first-order chi connectivity index (χ1) is 6.59. The van der Waals surface area contributed by atoms with Crippen molar-refractivity contribution in [2.45, 2.75) is 20.4 Å². The summed E-state index contributed by atoms with van der Waals surface area (Å²) in [6, 6.07) is 2.00. The Labute approximate surface area is 93.2 Å². The highest BCUT2D eigenvalue weighted by Gasteiger charge is 2.01. The van der Waals surface area contributed by atoms with Crippen LogP contribution in [-0.4, -0.2) is 11.5 Å². The van der Waals surface area contributed by atoms with Crippen LogP contribution in [0.2, 0.25) is 0 Å². The monoisotopic (exact) mass is 257 g/mol. The summed E-state index contributed by atoms with van der Waals surface area (Å²) in [6.45, 7) is 6.12. The van der Waals surface area contributed by atoms with Crippen LogP contribution < -0.4 is 11.1 Å². The first-order valence-corrected chi connectivity index (χ1v) is 5.49. The second-order valence-corrected chi connectivity index (χ2v) is 4.64. The van der Waals surface area contributed by atoms with E-state index in [-0.39, 0.29) is 0 Å². The van der Waals surface area contributed by atoms with Crippen molar-refractivity contribution in [2.75, 3.05) is 12.3 Å². The van der Waals surface area contributed by atoms with Crippen LogP contribution in [0.15, 0.2) is 16.7 Å². The van der Waals surface area contributed by atoms with Gasteiger partial charge in [-0.05, 0) is 34.5 Å². The van der Waals surface area contributed by atoms with Gasteiger partial charge in [0.25, 0.3) is 0 Å². The molecule has 0 saturated heterocycles. The third kappa shape index (κ3) is 3.64. The fourth-order valence-electron chi connectivity index (χ4n) is 1.13. The summed E-state index contributed by atoms with van der Waals surface area (Å²) >= 11 is 3.37. The molecule has 78 valence electrons. The van der Waals surface area contributed by atoms with E-state index in [2.05, 4.69) is 40.1 Å². The zero-order valence-corrected chi connectivity index (χ0v) is 10.1. The highest BCUT2D eigenvalue weighted by Crippen LogP contribution is 2.15. The number of hydrogen-bond donors (Lipinski definition) is 2. The maximum absolute atomic E-state index is 5.73. The first-order valence-electron chi connectivity index (χ1n) is 4.70. The van der Waals surface area contributed by atoms with E-state index in [9.17, 15) is 0 Å². The first kappa shape index (κ1) is 11.5. The van der Waals surface area contributed by atoms with E-state index < -0.39 is 0 Å². The number of hydrogen-bond acceptors (Lipinski definition) is 3. The van der Waals surface area contributed by atoms with Crippen molar-refractivity contribution >= 4 is 21.7 Å². The van der Waals surface area contributed by atoms with Crippen molar-refractivity contribution < 1.29 is 0 Å². The summed E-state index contributed by atoms with van der Waals surface area (Å²) in [4.78, 5) is 4.07. The van der Waals surface area contributed by atoms with Crippen molar-refractivity contribution in [3.05, 3.63) is 22.3 Å². The maximum atomic E-state index is 5.73. The summed E-state index contributed by atoms with van der Waals surface area (Å²) in [5.74, 6) is 1.25. The minimum Gasteiger partial charge on any atom is -0.383 e. The van der Waals surface area contributed by atoms with Crippen LogP contribution >= 0.6 is 15.9 Å². The van der Waals surface area contributed by atoms with Gasteiger partial charge in [-0.3, -0.25) is 0 Å². The Balaban J connectivity index is 2.53. The molecule has 1 rings (SSSR count). The third-order valence-corrected chi connectivity index (χ3v) is 2.27. The molecule has 0 unspecified atom stereocenters. The van der Waals surface area contributed by atoms with Crippen molar-refractivity contribution in [3.8, 4) is 0 Å². The fourth-order valence-corrected chi connectivity index (χ4v) is 1.51. The van der Waals surface area contributed by atoms with Crippen molar-refractivity contribution in [3.63, 3.8) is 0 Å². The summed E-state index contributed by atoms with van der Waals surface area (Å²) in [5, 5.41) is 3.33. The number of nitrogen functional groups attached to an aromatic ring is 1. The maximum Gasteiger partial charge on any atom is 0.127 e. The van der Waals surface area contributed by atoms with Crippen molar-refractivity contribution in [1.29, 1.82) is 0 Å². The second-order valence-electron chi connectivity index (χ2n) is 3.72. The normalized spacial score (nSPS) is 10.9. The number of aromatic nitrogens is 1. The molecule has 0 spiro atoms. The zero-order valence-electron chi connectivity index (χ0n) is 8.55. The number of pyridine rings is 1. The molecule has 0 aliphatic rings. The molecule has 1 heterocycles. The predicted molar refractivity (Wildman–Crippen MR) is 62.9 cm³/mol. The van der Waals surface area contributed by atoms with E-state index in [1.54, 1.807) is 6.20 Å². The number of nitrogens with one attached hydrogen (secondary N) is 1. The van der Waals surface area contributed by atoms with Gasteiger partial charge in [0.15, 0.2) is 0 Å². The van der Waals surface area contributed by atoms with E-state index in [0.717, 1.165) is 23.1 Å². The SMILES string of the molecule is CC(C)CNCc1cc(Br)cnc1N. The average Bonchev–Trinajstić information content (AvgIpc) is 2.10. The lowest BCUT2D eigenvalue weighted by atomic mass is 10.2. The smallest absolute Gasteiger partial charge is 0.127 e. The van der Waals surface area contributed by atoms with E-state index >= 15 is 0 Å². The molecular weight excluding hydrogens is 242 g/mol. The molecule has 0 saturated carbocycles. The predicted octanol–water partition coefficient (Wildman–Crippen LogP) is 2.17. The molecule has 0 aromatic carbocycles. The molecule has 1 aromatic heterocycles. The van der Waals surface area contributed by atoms with Gasteiger partial charge >= 0.3 is 0 Å². The Morgan fingerprint density at radius 1 is 1.57 bits per heavy atom. The number of nitrogens with zero attached hydrogens (tertiary/aromatic N) is 1. The summed E-state index contributed by atoms with van der Waals surface area (Å²) in [7, 11) is 0. The summed E-state index contributed by atoms with van der Waals surface area (Å²) in [5.41, 5.74) is 6.78. The molecule has 1 aromatic rings. The average molecular weight is 258 g/mol. The van der Waals surface area contributed by atoms with Crippen molar-refractivity contribution in [2.24, 2.45) is 5.92 Å². The molecule has 0 fully saturated rings. The molecule has 0 radical (unpaired) electrons. The minimum atomic E-state index is 0.601. The van der Waals surface area contributed by atoms with Crippen LogP contribution in [0.5, 0.6) is 0 Å². The lowest BCUT2D eigenvalue weighted by molar-refractivity contribution is 0.552. The second kappa shape index (κ2) is 5.32. The topological polar surface area (TPSA) is 50.9 Å². The highest BCUT2D eigenvalue weighted by molar-refractivity contribution is 9.10. The standard InChI is InChI=1S/C10H16BrN3/c1-7(2)4-13-5-8-3-9(11)6-14-10(8)12/h3,6-7,13H,4-5H2,1-2H3,(H2,12,14). The zero-order chi connectivity index (χ0) is 10.6. The van der Waals surface area contributed by atoms with E-state index in [1.165, 1.54) is 0 Å². The third-order valence-electron chi connectivity index (χ3n) is 1.84. The number of rotatable bonds is 4. The Bertz CT molecular complexity index is 299. The van der Waals surface area contributed by atoms with Gasteiger partial charge in [0.1, 0.15) is 5.82 Å². The molecule has 0 atom stereocenters. The van der Waals surface area contributed by atoms with Gasteiger partial charge in [0.2, 0.25) is 0 Å². The number of anilines is 1. The van der Waals surface area contributed by atoms with Gasteiger partial charge < -0.3 is 11.1 Å². The summed E-state index contributed by atoms with van der Waals surface area (Å²) < 4.78 is 0.966. The molecule has 4 heteroatoms. The van der Waals surface area contributed by atoms with Gasteiger partial charge in [-0.1, -0.05) is 13.8 Å². The van der Waals surface area contributed by atoms with Crippen molar-refractivity contribution in [1.82, 2.24) is 10.3 Å². The Morgan fingerprint density at radius 3 is 2.93 bits per heavy atom. The molecule has 0 aliphatic heterocycles. The van der Waals surface area contributed by atoms with Crippen LogP contribution in [0.3, 0.4) is 0 Å². The van der Waals surface area contributed by atoms with Gasteiger partial charge in [-0.25, -0.2) is 4.98 Å². The highest BCUT2D eigenvalue weighted by atomic mass is 79.9. The Hall–Kier alpha value is -0.610. The quantitative estimate of drug-likeness (QED) is 0.870. The van der Waals surface area contributed by atoms with Crippen LogP contribution in [0.25, 0.3) is 0 Å². The molecule has 3 nitrogen and oxygen atoms in total. The van der Waals surface area contributed by atoms with E-state index in [1.807, 2.05) is 6.07 Å².